The molecule has 0 unspecified atom stereocenters. The number of benzene rings is 1. The van der Waals surface area contributed by atoms with E-state index in [-0.39, 0.29) is 17.1 Å². The van der Waals surface area contributed by atoms with Crippen molar-refractivity contribution in [1.29, 1.82) is 0 Å². The van der Waals surface area contributed by atoms with Crippen molar-refractivity contribution in [3.8, 4) is 0 Å². The maximum absolute atomic E-state index is 13.4. The molecule has 8 heteroatoms. The highest BCUT2D eigenvalue weighted by atomic mass is 19.1. The van der Waals surface area contributed by atoms with E-state index >= 15 is 0 Å². The van der Waals surface area contributed by atoms with Gasteiger partial charge in [-0.05, 0) is 24.3 Å². The molecule has 2 aromatic rings. The summed E-state index contributed by atoms with van der Waals surface area (Å²) in [6.45, 7) is 0. The van der Waals surface area contributed by atoms with Crippen LogP contribution in [-0.2, 0) is 0 Å². The van der Waals surface area contributed by atoms with Crippen LogP contribution in [0.3, 0.4) is 0 Å². The summed E-state index contributed by atoms with van der Waals surface area (Å²) in [6.07, 6.45) is 1.25. The van der Waals surface area contributed by atoms with Crippen LogP contribution in [0.25, 0.3) is 0 Å². The fourth-order valence-electron chi connectivity index (χ4n) is 1.55. The van der Waals surface area contributed by atoms with E-state index in [1.807, 2.05) is 0 Å². The highest BCUT2D eigenvalue weighted by molar-refractivity contribution is 6.03. The van der Waals surface area contributed by atoms with Gasteiger partial charge >= 0.3 is 12.0 Å². The van der Waals surface area contributed by atoms with Crippen LogP contribution in [0, 0.1) is 11.6 Å². The molecule has 3 N–H and O–H groups in total. The Morgan fingerprint density at radius 2 is 1.81 bits per heavy atom. The number of halogens is 2. The van der Waals surface area contributed by atoms with Crippen molar-refractivity contribution in [2.75, 3.05) is 10.6 Å². The second kappa shape index (κ2) is 5.95. The summed E-state index contributed by atoms with van der Waals surface area (Å²) in [4.78, 5) is 26.2. The molecule has 2 rings (SSSR count). The predicted molar refractivity (Wildman–Crippen MR) is 70.2 cm³/mol. The molecule has 1 heterocycles. The molecular formula is C13H9F2N3O3. The zero-order valence-corrected chi connectivity index (χ0v) is 10.4. The minimum atomic E-state index is -1.33. The summed E-state index contributed by atoms with van der Waals surface area (Å²) in [5.74, 6) is -2.88. The molecule has 1 aromatic heterocycles. The number of carboxylic acids is 1. The lowest BCUT2D eigenvalue weighted by Crippen LogP contribution is -2.22. The first-order valence-electron chi connectivity index (χ1n) is 5.69. The van der Waals surface area contributed by atoms with Gasteiger partial charge in [-0.1, -0.05) is 0 Å². The molecule has 0 aliphatic rings. The summed E-state index contributed by atoms with van der Waals surface area (Å²) in [6, 6.07) is 4.38. The summed E-state index contributed by atoms with van der Waals surface area (Å²) < 4.78 is 26.3. The molecule has 0 aliphatic carbocycles. The van der Waals surface area contributed by atoms with E-state index in [0.29, 0.717) is 0 Å². The maximum atomic E-state index is 13.4. The standard InChI is InChI=1S/C13H9F2N3O3/c14-7-3-4-8(15)10(6-7)18-13(21)17-9-2-1-5-16-11(9)12(19)20/h1-6H,(H,19,20)(H2,17,18,21). The lowest BCUT2D eigenvalue weighted by Gasteiger charge is -2.09. The first-order chi connectivity index (χ1) is 9.97. The number of aromatic carboxylic acids is 1. The van der Waals surface area contributed by atoms with E-state index < -0.39 is 23.6 Å². The molecule has 0 atom stereocenters. The molecule has 0 spiro atoms. The topological polar surface area (TPSA) is 91.3 Å². The van der Waals surface area contributed by atoms with Crippen molar-refractivity contribution in [3.05, 3.63) is 53.9 Å². The molecule has 2 amide bonds. The minimum Gasteiger partial charge on any atom is -0.476 e. The van der Waals surface area contributed by atoms with Gasteiger partial charge in [0.1, 0.15) is 11.6 Å². The van der Waals surface area contributed by atoms with Gasteiger partial charge in [0.2, 0.25) is 0 Å². The normalized spacial score (nSPS) is 10.0. The van der Waals surface area contributed by atoms with Crippen molar-refractivity contribution in [1.82, 2.24) is 4.98 Å². The van der Waals surface area contributed by atoms with Crippen LogP contribution in [0.4, 0.5) is 25.0 Å². The monoisotopic (exact) mass is 293 g/mol. The maximum Gasteiger partial charge on any atom is 0.356 e. The average molecular weight is 293 g/mol. The molecule has 108 valence electrons. The largest absolute Gasteiger partial charge is 0.476 e. The molecule has 0 fully saturated rings. The van der Waals surface area contributed by atoms with E-state index in [0.717, 1.165) is 18.2 Å². The van der Waals surface area contributed by atoms with Gasteiger partial charge in [-0.2, -0.15) is 0 Å². The number of amides is 2. The van der Waals surface area contributed by atoms with E-state index in [2.05, 4.69) is 15.6 Å². The predicted octanol–water partition coefficient (Wildman–Crippen LogP) is 2.70. The number of urea groups is 1. The molecule has 0 bridgehead atoms. The van der Waals surface area contributed by atoms with Gasteiger partial charge in [0.25, 0.3) is 0 Å². The average Bonchev–Trinajstić information content (AvgIpc) is 2.43. The van der Waals surface area contributed by atoms with Gasteiger partial charge in [0.05, 0.1) is 11.4 Å². The third-order valence-electron chi connectivity index (χ3n) is 2.44. The molecule has 1 aromatic carbocycles. The highest BCUT2D eigenvalue weighted by Gasteiger charge is 2.14. The SMILES string of the molecule is O=C(Nc1cc(F)ccc1F)Nc1cccnc1C(=O)O. The van der Waals surface area contributed by atoms with Crippen LogP contribution in [0.1, 0.15) is 10.5 Å². The van der Waals surface area contributed by atoms with Crippen LogP contribution in [-0.4, -0.2) is 22.1 Å². The van der Waals surface area contributed by atoms with Crippen molar-refractivity contribution in [3.63, 3.8) is 0 Å². The smallest absolute Gasteiger partial charge is 0.356 e. The number of hydrogen-bond acceptors (Lipinski definition) is 3. The van der Waals surface area contributed by atoms with E-state index in [9.17, 15) is 18.4 Å². The number of rotatable bonds is 3. The number of carboxylic acid groups (broad SMARTS) is 1. The Hall–Kier alpha value is -3.03. The molecule has 0 saturated carbocycles. The van der Waals surface area contributed by atoms with Gasteiger partial charge < -0.3 is 15.7 Å². The lowest BCUT2D eigenvalue weighted by molar-refractivity contribution is 0.0691. The molecule has 0 aliphatic heterocycles. The Morgan fingerprint density at radius 3 is 2.52 bits per heavy atom. The fraction of sp³-hybridized carbons (Fsp3) is 0. The van der Waals surface area contributed by atoms with Gasteiger partial charge in [-0.25, -0.2) is 23.4 Å². The van der Waals surface area contributed by atoms with E-state index in [1.165, 1.54) is 18.3 Å². The number of anilines is 2. The zero-order chi connectivity index (χ0) is 15.4. The number of aromatic nitrogens is 1. The van der Waals surface area contributed by atoms with Crippen molar-refractivity contribution in [2.24, 2.45) is 0 Å². The van der Waals surface area contributed by atoms with Gasteiger partial charge in [-0.3, -0.25) is 0 Å². The number of carbonyl (C=O) groups excluding carboxylic acids is 1. The molecule has 6 nitrogen and oxygen atoms in total. The first-order valence-corrected chi connectivity index (χ1v) is 5.69. The Balaban J connectivity index is 2.16. The van der Waals surface area contributed by atoms with Crippen molar-refractivity contribution in [2.45, 2.75) is 0 Å². The summed E-state index contributed by atoms with van der Waals surface area (Å²) in [5.41, 5.74) is -0.806. The first kappa shape index (κ1) is 14.4. The number of nitrogens with one attached hydrogen (secondary N) is 2. The minimum absolute atomic E-state index is 0.0701. The fourth-order valence-corrected chi connectivity index (χ4v) is 1.55. The highest BCUT2D eigenvalue weighted by Crippen LogP contribution is 2.17. The third kappa shape index (κ3) is 3.50. The summed E-state index contributed by atoms with van der Waals surface area (Å²) in [5, 5.41) is 13.2. The van der Waals surface area contributed by atoms with Crippen molar-refractivity contribution >= 4 is 23.4 Å². The molecular weight excluding hydrogens is 284 g/mol. The number of hydrogen-bond donors (Lipinski definition) is 3. The number of nitrogens with zero attached hydrogens (tertiary/aromatic N) is 1. The van der Waals surface area contributed by atoms with Gasteiger partial charge in [-0.15, -0.1) is 0 Å². The zero-order valence-electron chi connectivity index (χ0n) is 10.4. The molecule has 0 radical (unpaired) electrons. The molecule has 21 heavy (non-hydrogen) atoms. The van der Waals surface area contributed by atoms with Crippen LogP contribution in [0.2, 0.25) is 0 Å². The Bertz CT molecular complexity index is 707. The second-order valence-electron chi connectivity index (χ2n) is 3.91. The molecule has 0 saturated heterocycles. The van der Waals surface area contributed by atoms with Crippen LogP contribution >= 0.6 is 0 Å². The quantitative estimate of drug-likeness (QED) is 0.811. The Labute approximate surface area is 117 Å². The van der Waals surface area contributed by atoms with Crippen molar-refractivity contribution < 1.29 is 23.5 Å². The lowest BCUT2D eigenvalue weighted by atomic mass is 10.3. The Kier molecular flexibility index (Phi) is 4.07. The van der Waals surface area contributed by atoms with E-state index in [4.69, 9.17) is 5.11 Å². The summed E-state index contributed by atoms with van der Waals surface area (Å²) >= 11 is 0. The Morgan fingerprint density at radius 1 is 1.10 bits per heavy atom. The number of pyridine rings is 1. The van der Waals surface area contributed by atoms with Gasteiger partial charge in [0, 0.05) is 12.3 Å². The number of carbonyl (C=O) groups is 2. The van der Waals surface area contributed by atoms with Crippen LogP contribution < -0.4 is 10.6 Å². The third-order valence-corrected chi connectivity index (χ3v) is 2.44. The second-order valence-corrected chi connectivity index (χ2v) is 3.91. The summed E-state index contributed by atoms with van der Waals surface area (Å²) in [7, 11) is 0. The van der Waals surface area contributed by atoms with E-state index in [1.54, 1.807) is 0 Å². The van der Waals surface area contributed by atoms with Crippen LogP contribution in [0.15, 0.2) is 36.5 Å². The van der Waals surface area contributed by atoms with Crippen LogP contribution in [0.5, 0.6) is 0 Å². The van der Waals surface area contributed by atoms with Gasteiger partial charge in [0.15, 0.2) is 5.69 Å².